The van der Waals surface area contributed by atoms with E-state index in [2.05, 4.69) is 23.1 Å². The maximum Gasteiger partial charge on any atom is 0.303 e. The molecule has 2 aliphatic carbocycles. The van der Waals surface area contributed by atoms with Crippen LogP contribution in [0.3, 0.4) is 0 Å². The quantitative estimate of drug-likeness (QED) is 0.278. The van der Waals surface area contributed by atoms with Gasteiger partial charge in [0, 0.05) is 43.6 Å². The summed E-state index contributed by atoms with van der Waals surface area (Å²) < 4.78 is 12.7. The number of esters is 1. The molecular formula is C36H38N2O4. The predicted molar refractivity (Wildman–Crippen MR) is 162 cm³/mol. The van der Waals surface area contributed by atoms with Crippen LogP contribution in [0.2, 0.25) is 0 Å². The number of rotatable bonds is 7. The molecule has 1 unspecified atom stereocenters. The Kier molecular flexibility index (Phi) is 6.89. The summed E-state index contributed by atoms with van der Waals surface area (Å²) in [6.07, 6.45) is 7.06. The number of benzene rings is 3. The van der Waals surface area contributed by atoms with E-state index in [0.717, 1.165) is 49.1 Å². The van der Waals surface area contributed by atoms with E-state index >= 15 is 0 Å². The molecule has 2 aliphatic heterocycles. The minimum absolute atomic E-state index is 0.00200. The van der Waals surface area contributed by atoms with Crippen LogP contribution in [0.5, 0.6) is 5.75 Å². The minimum atomic E-state index is -0.308. The third kappa shape index (κ3) is 4.44. The largest absolute Gasteiger partial charge is 0.487 e. The summed E-state index contributed by atoms with van der Waals surface area (Å²) in [5, 5.41) is 0. The molecule has 0 aromatic heterocycles. The SMILES string of the molecule is CC(=O)OC(CN1CC[C@]23c4c5cccc4O[C@H]2[C@H](N(C)C(=O)C=Cc2ccccc2)CC[C@H]3[C@H]1C5)c1ccccc1. The number of likely N-dealkylation sites (N-methyl/N-ethyl adjacent to an activating group) is 1. The van der Waals surface area contributed by atoms with Gasteiger partial charge in [-0.05, 0) is 67.0 Å². The van der Waals surface area contributed by atoms with Crippen LogP contribution in [0.1, 0.15) is 54.5 Å². The van der Waals surface area contributed by atoms with Gasteiger partial charge >= 0.3 is 5.97 Å². The molecule has 1 spiro atoms. The summed E-state index contributed by atoms with van der Waals surface area (Å²) in [7, 11) is 1.94. The summed E-state index contributed by atoms with van der Waals surface area (Å²) in [5.74, 6) is 1.18. The molecule has 216 valence electrons. The second kappa shape index (κ2) is 10.7. The first-order chi connectivity index (χ1) is 20.5. The van der Waals surface area contributed by atoms with E-state index in [1.54, 1.807) is 6.08 Å². The summed E-state index contributed by atoms with van der Waals surface area (Å²) in [6.45, 7) is 3.07. The van der Waals surface area contributed by atoms with Crippen molar-refractivity contribution in [2.24, 2.45) is 5.92 Å². The molecule has 1 saturated heterocycles. The Hall–Kier alpha value is -3.90. The van der Waals surface area contributed by atoms with E-state index in [0.29, 0.717) is 18.5 Å². The molecule has 1 saturated carbocycles. The minimum Gasteiger partial charge on any atom is -0.487 e. The summed E-state index contributed by atoms with van der Waals surface area (Å²) in [4.78, 5) is 30.0. The maximum atomic E-state index is 13.4. The molecule has 6 atom stereocenters. The number of hydrogen-bond acceptors (Lipinski definition) is 5. The van der Waals surface area contributed by atoms with Gasteiger partial charge in [-0.3, -0.25) is 14.5 Å². The van der Waals surface area contributed by atoms with Crippen molar-refractivity contribution in [3.05, 3.63) is 107 Å². The number of piperidine rings is 1. The molecule has 3 aromatic rings. The van der Waals surface area contributed by atoms with Crippen LogP contribution in [0.25, 0.3) is 6.08 Å². The molecule has 6 heteroatoms. The fourth-order valence-corrected chi connectivity index (χ4v) is 8.50. The van der Waals surface area contributed by atoms with Gasteiger partial charge in [-0.15, -0.1) is 0 Å². The lowest BCUT2D eigenvalue weighted by atomic mass is 9.51. The molecule has 2 bridgehead atoms. The Bertz CT molecular complexity index is 1510. The highest BCUT2D eigenvalue weighted by molar-refractivity contribution is 5.92. The summed E-state index contributed by atoms with van der Waals surface area (Å²) >= 11 is 0. The standard InChI is InChI=1S/C36H38N2O4/c1-24(39)41-32(26-12-7-4-8-13-26)23-38-21-20-36-28-17-18-29(37(2)33(40)19-16-25-10-5-3-6-11-25)35(36)42-31-15-9-14-27(34(31)36)22-30(28)38/h3-16,19,28-30,32,35H,17-18,20-23H2,1-2H3/t28-,29+,30+,32?,35-,36-/m0/s1. The molecular weight excluding hydrogens is 524 g/mol. The number of likely N-dealkylation sites (tertiary alicyclic amines) is 1. The third-order valence-electron chi connectivity index (χ3n) is 10.2. The lowest BCUT2D eigenvalue weighted by Gasteiger charge is -2.60. The highest BCUT2D eigenvalue weighted by atomic mass is 16.5. The summed E-state index contributed by atoms with van der Waals surface area (Å²) in [6, 6.07) is 26.9. The van der Waals surface area contributed by atoms with Crippen LogP contribution in [-0.2, 0) is 26.2 Å². The number of amides is 1. The smallest absolute Gasteiger partial charge is 0.303 e. The second-order valence-corrected chi connectivity index (χ2v) is 12.3. The van der Waals surface area contributed by atoms with Gasteiger partial charge in [0.1, 0.15) is 18.0 Å². The first-order valence-corrected chi connectivity index (χ1v) is 15.2. The van der Waals surface area contributed by atoms with Crippen molar-refractivity contribution in [2.75, 3.05) is 20.1 Å². The molecule has 6 nitrogen and oxygen atoms in total. The van der Waals surface area contributed by atoms with E-state index in [4.69, 9.17) is 9.47 Å². The zero-order valence-corrected chi connectivity index (χ0v) is 24.3. The average Bonchev–Trinajstić information content (AvgIpc) is 3.35. The van der Waals surface area contributed by atoms with Gasteiger partial charge < -0.3 is 14.4 Å². The van der Waals surface area contributed by atoms with Crippen molar-refractivity contribution in [1.82, 2.24) is 9.80 Å². The highest BCUT2D eigenvalue weighted by Crippen LogP contribution is 2.62. The Labute approximate surface area is 247 Å². The summed E-state index contributed by atoms with van der Waals surface area (Å²) in [5.41, 5.74) is 4.68. The highest BCUT2D eigenvalue weighted by Gasteiger charge is 2.66. The zero-order valence-electron chi connectivity index (χ0n) is 24.3. The molecule has 42 heavy (non-hydrogen) atoms. The van der Waals surface area contributed by atoms with Gasteiger partial charge in [-0.25, -0.2) is 0 Å². The Morgan fingerprint density at radius 2 is 1.81 bits per heavy atom. The van der Waals surface area contributed by atoms with Crippen molar-refractivity contribution >= 4 is 18.0 Å². The van der Waals surface area contributed by atoms with E-state index in [1.807, 2.05) is 78.7 Å². The normalized spacial score (nSPS) is 28.0. The fourth-order valence-electron chi connectivity index (χ4n) is 8.50. The number of carbonyl (C=O) groups excluding carboxylic acids is 2. The van der Waals surface area contributed by atoms with E-state index in [-0.39, 0.29) is 35.5 Å². The third-order valence-corrected chi connectivity index (χ3v) is 10.2. The van der Waals surface area contributed by atoms with Crippen molar-refractivity contribution in [3.63, 3.8) is 0 Å². The van der Waals surface area contributed by atoms with Crippen molar-refractivity contribution in [3.8, 4) is 5.75 Å². The van der Waals surface area contributed by atoms with Crippen LogP contribution in [0.4, 0.5) is 0 Å². The second-order valence-electron chi connectivity index (χ2n) is 12.3. The van der Waals surface area contributed by atoms with Crippen LogP contribution in [-0.4, -0.2) is 60.0 Å². The number of ether oxygens (including phenoxy) is 2. The lowest BCUT2D eigenvalue weighted by molar-refractivity contribution is -0.150. The molecule has 7 rings (SSSR count). The Morgan fingerprint density at radius 1 is 1.05 bits per heavy atom. The first kappa shape index (κ1) is 27.0. The predicted octanol–water partition coefficient (Wildman–Crippen LogP) is 5.57. The van der Waals surface area contributed by atoms with Gasteiger partial charge in [0.25, 0.3) is 0 Å². The first-order valence-electron chi connectivity index (χ1n) is 15.2. The molecule has 3 aromatic carbocycles. The Morgan fingerprint density at radius 3 is 2.57 bits per heavy atom. The van der Waals surface area contributed by atoms with E-state index < -0.39 is 0 Å². The molecule has 0 radical (unpaired) electrons. The average molecular weight is 563 g/mol. The van der Waals surface area contributed by atoms with Gasteiger partial charge in [0.2, 0.25) is 5.91 Å². The molecule has 1 amide bonds. The molecule has 2 heterocycles. The van der Waals surface area contributed by atoms with E-state index in [9.17, 15) is 9.59 Å². The van der Waals surface area contributed by atoms with E-state index in [1.165, 1.54) is 18.1 Å². The van der Waals surface area contributed by atoms with Crippen LogP contribution >= 0.6 is 0 Å². The molecule has 4 aliphatic rings. The number of nitrogens with zero attached hydrogens (tertiary/aromatic N) is 2. The number of hydrogen-bond donors (Lipinski definition) is 0. The number of carbonyl (C=O) groups is 2. The monoisotopic (exact) mass is 562 g/mol. The molecule has 2 fully saturated rings. The van der Waals surface area contributed by atoms with Crippen LogP contribution in [0, 0.1) is 5.92 Å². The van der Waals surface area contributed by atoms with Crippen LogP contribution < -0.4 is 4.74 Å². The lowest BCUT2D eigenvalue weighted by Crippen LogP contribution is -2.69. The van der Waals surface area contributed by atoms with Gasteiger partial charge in [-0.2, -0.15) is 0 Å². The van der Waals surface area contributed by atoms with Crippen LogP contribution in [0.15, 0.2) is 84.9 Å². The maximum absolute atomic E-state index is 13.4. The zero-order chi connectivity index (χ0) is 28.8. The van der Waals surface area contributed by atoms with Gasteiger partial charge in [0.15, 0.2) is 0 Å². The van der Waals surface area contributed by atoms with Crippen molar-refractivity contribution in [1.29, 1.82) is 0 Å². The topological polar surface area (TPSA) is 59.1 Å². The van der Waals surface area contributed by atoms with Gasteiger partial charge in [0.05, 0.1) is 6.04 Å². The Balaban J connectivity index is 1.18. The molecule has 0 N–H and O–H groups in total. The van der Waals surface area contributed by atoms with Gasteiger partial charge in [-0.1, -0.05) is 72.8 Å². The fraction of sp³-hybridized carbons (Fsp3) is 0.389. The van der Waals surface area contributed by atoms with Crippen molar-refractivity contribution in [2.45, 2.75) is 62.3 Å². The van der Waals surface area contributed by atoms with Crippen molar-refractivity contribution < 1.29 is 19.1 Å².